The molecule has 1 N–H and O–H groups in total. The van der Waals surface area contributed by atoms with E-state index in [0.717, 1.165) is 18.4 Å². The Morgan fingerprint density at radius 1 is 1.21 bits per heavy atom. The first-order chi connectivity index (χ1) is 6.84. The van der Waals surface area contributed by atoms with Crippen molar-refractivity contribution in [3.8, 4) is 0 Å². The van der Waals surface area contributed by atoms with Crippen molar-refractivity contribution in [1.29, 1.82) is 0 Å². The van der Waals surface area contributed by atoms with Crippen LogP contribution >= 0.6 is 0 Å². The smallest absolute Gasteiger partial charge is 0.0205 e. The molecule has 0 atom stereocenters. The molecule has 0 saturated heterocycles. The molecule has 0 heterocycles. The molecular formula is C13H19N. The molecule has 0 bridgehead atoms. The van der Waals surface area contributed by atoms with Crippen LogP contribution in [0, 0.1) is 11.8 Å². The van der Waals surface area contributed by atoms with Gasteiger partial charge in [0.15, 0.2) is 0 Å². The summed E-state index contributed by atoms with van der Waals surface area (Å²) in [5, 5.41) is 3.52. The molecule has 1 nitrogen and oxygen atoms in total. The molecule has 1 heteroatoms. The van der Waals surface area contributed by atoms with Gasteiger partial charge in [-0.2, -0.15) is 0 Å². The van der Waals surface area contributed by atoms with E-state index in [4.69, 9.17) is 0 Å². The molecule has 0 spiro atoms. The van der Waals surface area contributed by atoms with Crippen molar-refractivity contribution in [2.75, 3.05) is 6.54 Å². The Kier molecular flexibility index (Phi) is 3.20. The Morgan fingerprint density at radius 3 is 2.57 bits per heavy atom. The van der Waals surface area contributed by atoms with Crippen LogP contribution in [0.3, 0.4) is 0 Å². The largest absolute Gasteiger partial charge is 0.312 e. The molecular weight excluding hydrogens is 170 g/mol. The normalized spacial score (nSPS) is 25.8. The Hall–Kier alpha value is -0.820. The molecule has 14 heavy (non-hydrogen) atoms. The molecule has 1 aromatic carbocycles. The third-order valence-electron chi connectivity index (χ3n) is 3.08. The molecule has 0 aliphatic heterocycles. The van der Waals surface area contributed by atoms with E-state index >= 15 is 0 Å². The summed E-state index contributed by atoms with van der Waals surface area (Å²) in [6, 6.07) is 10.6. The Morgan fingerprint density at radius 2 is 1.93 bits per heavy atom. The number of hydrogen-bond donors (Lipinski definition) is 1. The van der Waals surface area contributed by atoms with Crippen LogP contribution in [0.25, 0.3) is 0 Å². The molecule has 1 aromatic rings. The first kappa shape index (κ1) is 9.72. The molecule has 1 fully saturated rings. The fourth-order valence-corrected chi connectivity index (χ4v) is 2.25. The van der Waals surface area contributed by atoms with Crippen molar-refractivity contribution >= 4 is 0 Å². The fraction of sp³-hybridized carbons (Fsp3) is 0.538. The first-order valence-corrected chi connectivity index (χ1v) is 5.59. The second-order valence-electron chi connectivity index (χ2n) is 4.56. The van der Waals surface area contributed by atoms with Crippen molar-refractivity contribution in [2.45, 2.75) is 26.3 Å². The highest BCUT2D eigenvalue weighted by molar-refractivity contribution is 5.14. The maximum Gasteiger partial charge on any atom is 0.0205 e. The summed E-state index contributed by atoms with van der Waals surface area (Å²) in [6.45, 7) is 4.55. The summed E-state index contributed by atoms with van der Waals surface area (Å²) >= 11 is 0. The lowest BCUT2D eigenvalue weighted by atomic mass is 9.76. The minimum atomic E-state index is 0.939. The molecule has 0 radical (unpaired) electrons. The zero-order chi connectivity index (χ0) is 9.80. The van der Waals surface area contributed by atoms with Gasteiger partial charge in [-0.1, -0.05) is 37.3 Å². The van der Waals surface area contributed by atoms with Gasteiger partial charge in [0.1, 0.15) is 0 Å². The van der Waals surface area contributed by atoms with Gasteiger partial charge in [0.2, 0.25) is 0 Å². The number of nitrogens with one attached hydrogen (secondary N) is 1. The second-order valence-corrected chi connectivity index (χ2v) is 4.56. The minimum absolute atomic E-state index is 0.939. The van der Waals surface area contributed by atoms with Gasteiger partial charge < -0.3 is 5.32 Å². The van der Waals surface area contributed by atoms with Crippen LogP contribution < -0.4 is 5.32 Å². The van der Waals surface area contributed by atoms with Gasteiger partial charge in [-0.15, -0.1) is 0 Å². The SMILES string of the molecule is CC1CC(CNCc2ccccc2)C1. The number of hydrogen-bond acceptors (Lipinski definition) is 1. The van der Waals surface area contributed by atoms with E-state index in [1.807, 2.05) is 0 Å². The molecule has 2 rings (SSSR count). The predicted octanol–water partition coefficient (Wildman–Crippen LogP) is 2.82. The molecule has 0 unspecified atom stereocenters. The molecule has 0 aromatic heterocycles. The lowest BCUT2D eigenvalue weighted by molar-refractivity contribution is 0.206. The quantitative estimate of drug-likeness (QED) is 0.768. The zero-order valence-corrected chi connectivity index (χ0v) is 8.87. The van der Waals surface area contributed by atoms with E-state index in [-0.39, 0.29) is 0 Å². The van der Waals surface area contributed by atoms with E-state index in [2.05, 4.69) is 42.6 Å². The van der Waals surface area contributed by atoms with Crippen LogP contribution in [0.5, 0.6) is 0 Å². The summed E-state index contributed by atoms with van der Waals surface area (Å²) < 4.78 is 0. The van der Waals surface area contributed by atoms with Crippen molar-refractivity contribution in [1.82, 2.24) is 5.32 Å². The van der Waals surface area contributed by atoms with Gasteiger partial charge in [0.05, 0.1) is 0 Å². The summed E-state index contributed by atoms with van der Waals surface area (Å²) in [4.78, 5) is 0. The van der Waals surface area contributed by atoms with E-state index in [1.165, 1.54) is 24.9 Å². The topological polar surface area (TPSA) is 12.0 Å². The first-order valence-electron chi connectivity index (χ1n) is 5.59. The van der Waals surface area contributed by atoms with E-state index in [9.17, 15) is 0 Å². The lowest BCUT2D eigenvalue weighted by Gasteiger charge is -2.32. The molecule has 76 valence electrons. The van der Waals surface area contributed by atoms with Crippen LogP contribution in [0.2, 0.25) is 0 Å². The molecule has 0 amide bonds. The standard InChI is InChI=1S/C13H19N/c1-11-7-13(8-11)10-14-9-12-5-3-2-4-6-12/h2-6,11,13-14H,7-10H2,1H3. The average Bonchev–Trinajstić information content (AvgIpc) is 2.17. The summed E-state index contributed by atoms with van der Waals surface area (Å²) in [5.74, 6) is 1.91. The highest BCUT2D eigenvalue weighted by Crippen LogP contribution is 2.32. The maximum absolute atomic E-state index is 3.52. The number of benzene rings is 1. The summed E-state index contributed by atoms with van der Waals surface area (Å²) in [5.41, 5.74) is 1.39. The molecule has 1 aliphatic carbocycles. The van der Waals surface area contributed by atoms with Crippen LogP contribution in [0.1, 0.15) is 25.3 Å². The lowest BCUT2D eigenvalue weighted by Crippen LogP contribution is -2.31. The van der Waals surface area contributed by atoms with Crippen molar-refractivity contribution in [3.63, 3.8) is 0 Å². The van der Waals surface area contributed by atoms with Crippen molar-refractivity contribution in [3.05, 3.63) is 35.9 Å². The van der Waals surface area contributed by atoms with E-state index in [0.29, 0.717) is 0 Å². The highest BCUT2D eigenvalue weighted by Gasteiger charge is 2.24. The Bertz CT molecular complexity index is 262. The molecule has 1 saturated carbocycles. The third kappa shape index (κ3) is 2.58. The summed E-state index contributed by atoms with van der Waals surface area (Å²) in [7, 11) is 0. The predicted molar refractivity (Wildman–Crippen MR) is 60.0 cm³/mol. The van der Waals surface area contributed by atoms with Crippen molar-refractivity contribution < 1.29 is 0 Å². The minimum Gasteiger partial charge on any atom is -0.312 e. The Labute approximate surface area is 86.5 Å². The van der Waals surface area contributed by atoms with Crippen LogP contribution in [0.4, 0.5) is 0 Å². The van der Waals surface area contributed by atoms with E-state index < -0.39 is 0 Å². The van der Waals surface area contributed by atoms with Crippen LogP contribution in [0.15, 0.2) is 30.3 Å². The average molecular weight is 189 g/mol. The highest BCUT2D eigenvalue weighted by atomic mass is 14.9. The number of rotatable bonds is 4. The van der Waals surface area contributed by atoms with Gasteiger partial charge in [0.25, 0.3) is 0 Å². The monoisotopic (exact) mass is 189 g/mol. The molecule has 1 aliphatic rings. The van der Waals surface area contributed by atoms with Gasteiger partial charge in [-0.25, -0.2) is 0 Å². The van der Waals surface area contributed by atoms with Gasteiger partial charge >= 0.3 is 0 Å². The summed E-state index contributed by atoms with van der Waals surface area (Å²) in [6.07, 6.45) is 2.84. The van der Waals surface area contributed by atoms with Crippen molar-refractivity contribution in [2.24, 2.45) is 11.8 Å². The fourth-order valence-electron chi connectivity index (χ4n) is 2.25. The van der Waals surface area contributed by atoms with Crippen LogP contribution in [-0.2, 0) is 6.54 Å². The van der Waals surface area contributed by atoms with Gasteiger partial charge in [-0.3, -0.25) is 0 Å². The Balaban J connectivity index is 1.64. The van der Waals surface area contributed by atoms with Crippen LogP contribution in [-0.4, -0.2) is 6.54 Å². The second kappa shape index (κ2) is 4.61. The third-order valence-corrected chi connectivity index (χ3v) is 3.08. The zero-order valence-electron chi connectivity index (χ0n) is 8.87. The van der Waals surface area contributed by atoms with E-state index in [1.54, 1.807) is 0 Å². The van der Waals surface area contributed by atoms with Gasteiger partial charge in [0, 0.05) is 6.54 Å². The van der Waals surface area contributed by atoms with Gasteiger partial charge in [-0.05, 0) is 36.8 Å². The maximum atomic E-state index is 3.52.